The molecule has 0 amide bonds. The van der Waals surface area contributed by atoms with Crippen LogP contribution in [0.1, 0.15) is 70.1 Å². The summed E-state index contributed by atoms with van der Waals surface area (Å²) in [5.74, 6) is -1.09. The molecule has 33 heavy (non-hydrogen) atoms. The maximum atomic E-state index is 12.6. The van der Waals surface area contributed by atoms with Crippen molar-refractivity contribution in [2.75, 3.05) is 13.2 Å². The topological polar surface area (TPSA) is 72.8 Å². The Bertz CT molecular complexity index is 1050. The summed E-state index contributed by atoms with van der Waals surface area (Å²) in [5, 5.41) is 9.05. The molecule has 0 aliphatic heterocycles. The molecule has 1 aliphatic carbocycles. The van der Waals surface area contributed by atoms with Crippen LogP contribution in [0, 0.1) is 5.92 Å². The summed E-state index contributed by atoms with van der Waals surface area (Å²) in [4.78, 5) is 24.0. The molecule has 0 saturated heterocycles. The number of aliphatic hydroxyl groups excluding tert-OH is 1. The third kappa shape index (κ3) is 5.47. The Morgan fingerprint density at radius 3 is 2.39 bits per heavy atom. The lowest BCUT2D eigenvalue weighted by Gasteiger charge is -2.24. The number of allylic oxidation sites excluding steroid dienone is 1. The van der Waals surface area contributed by atoms with Gasteiger partial charge in [-0.1, -0.05) is 70.2 Å². The van der Waals surface area contributed by atoms with Gasteiger partial charge in [-0.15, -0.1) is 0 Å². The van der Waals surface area contributed by atoms with Crippen LogP contribution in [0.4, 0.5) is 0 Å². The Balaban J connectivity index is 1.62. The van der Waals surface area contributed by atoms with Crippen LogP contribution in [0.5, 0.6) is 0 Å². The van der Waals surface area contributed by atoms with Crippen LogP contribution >= 0.6 is 0 Å². The van der Waals surface area contributed by atoms with Gasteiger partial charge in [0.15, 0.2) is 0 Å². The van der Waals surface area contributed by atoms with Gasteiger partial charge in [0.05, 0.1) is 17.8 Å². The standard InChI is InChI=1S/C28H34O5/c1-6-20(27(31)33-14-13-32-26(30)16-19(3)29)15-18(2)21-11-12-23-22-9-7-8-10-24(22)28(4,5)25(23)17-21/h7-12,16-18,20,29H,6,13-15H2,1-5H3/b19-16-. The minimum atomic E-state index is -0.659. The highest BCUT2D eigenvalue weighted by molar-refractivity contribution is 5.82. The SMILES string of the molecule is CCC(CC(C)c1ccc2c(c1)C(C)(C)c1ccccc1-2)C(=O)OCCOC(=O)/C=C(/C)O. The maximum absolute atomic E-state index is 12.6. The van der Waals surface area contributed by atoms with E-state index < -0.39 is 5.97 Å². The van der Waals surface area contributed by atoms with Crippen LogP contribution in [0.15, 0.2) is 54.3 Å². The fourth-order valence-corrected chi connectivity index (χ4v) is 4.64. The largest absolute Gasteiger partial charge is 0.512 e. The Morgan fingerprint density at radius 1 is 1.03 bits per heavy atom. The van der Waals surface area contributed by atoms with Gasteiger partial charge in [-0.25, -0.2) is 4.79 Å². The number of carbonyl (C=O) groups excluding carboxylic acids is 2. The lowest BCUT2D eigenvalue weighted by atomic mass is 9.80. The first kappa shape index (κ1) is 24.6. The summed E-state index contributed by atoms with van der Waals surface area (Å²) in [6, 6.07) is 15.3. The average Bonchev–Trinajstić information content (AvgIpc) is 3.01. The first-order valence-corrected chi connectivity index (χ1v) is 11.6. The number of esters is 2. The van der Waals surface area contributed by atoms with Crippen LogP contribution in [0.25, 0.3) is 11.1 Å². The van der Waals surface area contributed by atoms with Gasteiger partial charge < -0.3 is 14.6 Å². The monoisotopic (exact) mass is 450 g/mol. The molecule has 5 heteroatoms. The first-order valence-electron chi connectivity index (χ1n) is 11.6. The summed E-state index contributed by atoms with van der Waals surface area (Å²) >= 11 is 0. The van der Waals surface area contributed by atoms with E-state index in [2.05, 4.69) is 63.2 Å². The molecule has 0 radical (unpaired) electrons. The molecule has 2 aromatic carbocycles. The first-order chi connectivity index (χ1) is 15.6. The van der Waals surface area contributed by atoms with Gasteiger partial charge in [-0.05, 0) is 53.5 Å². The van der Waals surface area contributed by atoms with Crippen molar-refractivity contribution in [1.29, 1.82) is 0 Å². The van der Waals surface area contributed by atoms with Crippen molar-refractivity contribution in [3.63, 3.8) is 0 Å². The normalized spacial score (nSPS) is 15.8. The molecule has 0 bridgehead atoms. The van der Waals surface area contributed by atoms with E-state index in [9.17, 15) is 9.59 Å². The third-order valence-electron chi connectivity index (χ3n) is 6.54. The van der Waals surface area contributed by atoms with Gasteiger partial charge in [-0.2, -0.15) is 0 Å². The van der Waals surface area contributed by atoms with Gasteiger partial charge in [0.1, 0.15) is 13.2 Å². The minimum Gasteiger partial charge on any atom is -0.512 e. The molecular weight excluding hydrogens is 416 g/mol. The Kier molecular flexibility index (Phi) is 7.62. The van der Waals surface area contributed by atoms with E-state index in [0.717, 1.165) is 6.08 Å². The summed E-state index contributed by atoms with van der Waals surface area (Å²) in [7, 11) is 0. The van der Waals surface area contributed by atoms with Crippen LogP contribution in [-0.4, -0.2) is 30.3 Å². The van der Waals surface area contributed by atoms with Crippen molar-refractivity contribution in [2.45, 2.75) is 58.8 Å². The number of fused-ring (bicyclic) bond motifs is 3. The van der Waals surface area contributed by atoms with E-state index in [1.165, 1.54) is 34.7 Å². The summed E-state index contributed by atoms with van der Waals surface area (Å²) in [6.45, 7) is 10.0. The predicted octanol–water partition coefficient (Wildman–Crippen LogP) is 6.06. The smallest absolute Gasteiger partial charge is 0.334 e. The molecular formula is C28H34O5. The van der Waals surface area contributed by atoms with Crippen LogP contribution < -0.4 is 0 Å². The van der Waals surface area contributed by atoms with Gasteiger partial charge in [0.2, 0.25) is 0 Å². The van der Waals surface area contributed by atoms with Crippen molar-refractivity contribution in [2.24, 2.45) is 5.92 Å². The lowest BCUT2D eigenvalue weighted by Crippen LogP contribution is -2.22. The number of rotatable bonds is 9. The van der Waals surface area contributed by atoms with Crippen LogP contribution in [0.2, 0.25) is 0 Å². The van der Waals surface area contributed by atoms with E-state index >= 15 is 0 Å². The highest BCUT2D eigenvalue weighted by Gasteiger charge is 2.35. The third-order valence-corrected chi connectivity index (χ3v) is 6.54. The predicted molar refractivity (Wildman–Crippen MR) is 129 cm³/mol. The van der Waals surface area contributed by atoms with Crippen LogP contribution in [-0.2, 0) is 24.5 Å². The van der Waals surface area contributed by atoms with Gasteiger partial charge >= 0.3 is 11.9 Å². The average molecular weight is 451 g/mol. The molecule has 0 heterocycles. The summed E-state index contributed by atoms with van der Waals surface area (Å²) < 4.78 is 10.2. The zero-order valence-corrected chi connectivity index (χ0v) is 20.2. The van der Waals surface area contributed by atoms with Gasteiger partial charge in [-0.3, -0.25) is 4.79 Å². The number of hydrogen-bond donors (Lipinski definition) is 1. The zero-order valence-electron chi connectivity index (χ0n) is 20.2. The van der Waals surface area contributed by atoms with Crippen molar-refractivity contribution in [3.05, 3.63) is 71.0 Å². The van der Waals surface area contributed by atoms with E-state index in [4.69, 9.17) is 14.6 Å². The van der Waals surface area contributed by atoms with E-state index in [1.807, 2.05) is 6.92 Å². The summed E-state index contributed by atoms with van der Waals surface area (Å²) in [6.07, 6.45) is 2.35. The van der Waals surface area contributed by atoms with Crippen molar-refractivity contribution in [3.8, 4) is 11.1 Å². The van der Waals surface area contributed by atoms with Gasteiger partial charge in [0.25, 0.3) is 0 Å². The molecule has 1 N–H and O–H groups in total. The molecule has 5 nitrogen and oxygen atoms in total. The Hall–Kier alpha value is -3.08. The molecule has 2 unspecified atom stereocenters. The minimum absolute atomic E-state index is 0.000929. The van der Waals surface area contributed by atoms with E-state index in [0.29, 0.717) is 12.8 Å². The van der Waals surface area contributed by atoms with Gasteiger partial charge in [0, 0.05) is 5.41 Å². The van der Waals surface area contributed by atoms with E-state index in [1.54, 1.807) is 0 Å². The maximum Gasteiger partial charge on any atom is 0.334 e. The molecule has 176 valence electrons. The molecule has 1 aliphatic rings. The molecule has 0 aromatic heterocycles. The fraction of sp³-hybridized carbons (Fsp3) is 0.429. The summed E-state index contributed by atoms with van der Waals surface area (Å²) in [5.41, 5.74) is 6.45. The van der Waals surface area contributed by atoms with E-state index in [-0.39, 0.29) is 42.2 Å². The number of carbonyl (C=O) groups is 2. The second-order valence-corrected chi connectivity index (χ2v) is 9.34. The molecule has 0 fully saturated rings. The fourth-order valence-electron chi connectivity index (χ4n) is 4.64. The highest BCUT2D eigenvalue weighted by Crippen LogP contribution is 2.49. The molecule has 0 saturated carbocycles. The van der Waals surface area contributed by atoms with Crippen molar-refractivity contribution >= 4 is 11.9 Å². The van der Waals surface area contributed by atoms with Crippen molar-refractivity contribution in [1.82, 2.24) is 0 Å². The highest BCUT2D eigenvalue weighted by atomic mass is 16.6. The molecule has 0 spiro atoms. The second-order valence-electron chi connectivity index (χ2n) is 9.34. The molecule has 3 rings (SSSR count). The number of benzene rings is 2. The Morgan fingerprint density at radius 2 is 1.70 bits per heavy atom. The second kappa shape index (κ2) is 10.2. The number of hydrogen-bond acceptors (Lipinski definition) is 5. The Labute approximate surface area is 196 Å². The van der Waals surface area contributed by atoms with Crippen LogP contribution in [0.3, 0.4) is 0 Å². The number of ether oxygens (including phenoxy) is 2. The molecule has 2 atom stereocenters. The molecule has 2 aromatic rings. The quantitative estimate of drug-likeness (QED) is 0.218. The number of aliphatic hydroxyl groups is 1. The lowest BCUT2D eigenvalue weighted by molar-refractivity contribution is -0.153. The van der Waals surface area contributed by atoms with Crippen molar-refractivity contribution < 1.29 is 24.2 Å². The zero-order chi connectivity index (χ0) is 24.2.